The van der Waals surface area contributed by atoms with Gasteiger partial charge in [-0.25, -0.2) is 14.2 Å². The molecule has 1 saturated heterocycles. The van der Waals surface area contributed by atoms with Crippen molar-refractivity contribution in [3.05, 3.63) is 72.9 Å². The second kappa shape index (κ2) is 10.5. The molecule has 1 aliphatic heterocycles. The van der Waals surface area contributed by atoms with Gasteiger partial charge in [-0.3, -0.25) is 8.86 Å². The maximum absolute atomic E-state index is 12.0. The number of aromatic nitrogens is 2. The Bertz CT molecular complexity index is 1420. The summed E-state index contributed by atoms with van der Waals surface area (Å²) in [4.78, 5) is 11.7. The van der Waals surface area contributed by atoms with Crippen LogP contribution in [0.25, 0.3) is 22.0 Å². The van der Waals surface area contributed by atoms with Crippen LogP contribution in [0.5, 0.6) is 0 Å². The summed E-state index contributed by atoms with van der Waals surface area (Å²) in [5, 5.41) is 4.29. The standard InChI is InChI=1S/C28H31N5O3S/c1-28(2,3)33(37(34)35)23-12-10-20(11-13-23)25-9-4-6-21-19-29-27(31-26(21)25)30-22-7-5-8-24(18-22)32-14-16-36-17-15-32/h4-13,18-19H,14-17H2,1-3H3,(H,34,35)(H,29,30,31). The third-order valence-electron chi connectivity index (χ3n) is 6.27. The van der Waals surface area contributed by atoms with E-state index in [4.69, 9.17) is 9.72 Å². The van der Waals surface area contributed by atoms with Crippen molar-refractivity contribution in [2.24, 2.45) is 0 Å². The number of nitrogens with zero attached hydrogens (tertiary/aromatic N) is 4. The van der Waals surface area contributed by atoms with Crippen molar-refractivity contribution in [1.82, 2.24) is 9.97 Å². The van der Waals surface area contributed by atoms with E-state index in [1.807, 2.05) is 81.6 Å². The average Bonchev–Trinajstić information content (AvgIpc) is 2.88. The van der Waals surface area contributed by atoms with Gasteiger partial charge in [0.25, 0.3) is 11.3 Å². The van der Waals surface area contributed by atoms with Gasteiger partial charge >= 0.3 is 0 Å². The summed E-state index contributed by atoms with van der Waals surface area (Å²) < 4.78 is 28.8. The van der Waals surface area contributed by atoms with Gasteiger partial charge in [0.2, 0.25) is 5.95 Å². The molecule has 2 heterocycles. The smallest absolute Gasteiger partial charge is 0.262 e. The van der Waals surface area contributed by atoms with Gasteiger partial charge in [-0.15, -0.1) is 0 Å². The van der Waals surface area contributed by atoms with Crippen LogP contribution in [0.3, 0.4) is 0 Å². The Kier molecular flexibility index (Phi) is 7.10. The minimum Gasteiger partial charge on any atom is -0.378 e. The SMILES string of the molecule is CC(C)(C)N(c1ccc(-c2cccc3cnc(Nc4cccc(N5CCOCC5)c4)nc23)cc1)S(=O)O. The van der Waals surface area contributed by atoms with Crippen molar-refractivity contribution in [1.29, 1.82) is 0 Å². The van der Waals surface area contributed by atoms with Crippen molar-refractivity contribution in [2.75, 3.05) is 40.8 Å². The lowest BCUT2D eigenvalue weighted by Crippen LogP contribution is -2.42. The molecule has 1 aromatic heterocycles. The van der Waals surface area contributed by atoms with Crippen molar-refractivity contribution in [3.63, 3.8) is 0 Å². The zero-order valence-corrected chi connectivity index (χ0v) is 22.0. The Morgan fingerprint density at radius 2 is 1.76 bits per heavy atom. The monoisotopic (exact) mass is 517 g/mol. The van der Waals surface area contributed by atoms with Crippen LogP contribution < -0.4 is 14.5 Å². The number of morpholine rings is 1. The first kappa shape index (κ1) is 25.1. The molecular weight excluding hydrogens is 486 g/mol. The number of benzene rings is 3. The van der Waals surface area contributed by atoms with Crippen molar-refractivity contribution in [2.45, 2.75) is 26.3 Å². The molecule has 1 fully saturated rings. The Balaban J connectivity index is 1.44. The molecule has 8 nitrogen and oxygen atoms in total. The van der Waals surface area contributed by atoms with Gasteiger partial charge in [0.05, 0.1) is 24.4 Å². The lowest BCUT2D eigenvalue weighted by molar-refractivity contribution is 0.122. The molecule has 5 rings (SSSR count). The first-order chi connectivity index (χ1) is 17.8. The highest BCUT2D eigenvalue weighted by atomic mass is 32.2. The van der Waals surface area contributed by atoms with Gasteiger partial charge in [0, 0.05) is 47.1 Å². The summed E-state index contributed by atoms with van der Waals surface area (Å²) >= 11 is -2.13. The number of para-hydroxylation sites is 1. The first-order valence-electron chi connectivity index (χ1n) is 12.3. The Morgan fingerprint density at radius 1 is 1.03 bits per heavy atom. The molecule has 1 unspecified atom stereocenters. The quantitative estimate of drug-likeness (QED) is 0.321. The van der Waals surface area contributed by atoms with Gasteiger partial charge in [-0.1, -0.05) is 36.4 Å². The summed E-state index contributed by atoms with van der Waals surface area (Å²) in [5.74, 6) is 0.519. The predicted octanol–water partition coefficient (Wildman–Crippen LogP) is 5.62. The van der Waals surface area contributed by atoms with Crippen LogP contribution in [0.15, 0.2) is 72.9 Å². The third kappa shape index (κ3) is 5.58. The molecule has 0 saturated carbocycles. The molecule has 0 spiro atoms. The molecule has 0 amide bonds. The highest BCUT2D eigenvalue weighted by Gasteiger charge is 2.26. The highest BCUT2D eigenvalue weighted by Crippen LogP contribution is 2.32. The van der Waals surface area contributed by atoms with Crippen LogP contribution in [0.1, 0.15) is 20.8 Å². The fourth-order valence-corrected chi connectivity index (χ4v) is 5.34. The second-order valence-corrected chi connectivity index (χ2v) is 10.8. The molecule has 1 aliphatic rings. The van der Waals surface area contributed by atoms with Crippen LogP contribution in [0.4, 0.5) is 23.0 Å². The van der Waals surface area contributed by atoms with Gasteiger partial charge in [0.15, 0.2) is 0 Å². The van der Waals surface area contributed by atoms with Crippen LogP contribution in [-0.4, -0.2) is 50.6 Å². The van der Waals surface area contributed by atoms with Crippen molar-refractivity contribution in [3.8, 4) is 11.1 Å². The summed E-state index contributed by atoms with van der Waals surface area (Å²) in [7, 11) is 0. The van der Waals surface area contributed by atoms with Gasteiger partial charge in [0.1, 0.15) is 0 Å². The molecule has 0 radical (unpaired) electrons. The molecule has 3 aromatic carbocycles. The molecule has 9 heteroatoms. The van der Waals surface area contributed by atoms with Crippen LogP contribution >= 0.6 is 0 Å². The molecule has 1 atom stereocenters. The van der Waals surface area contributed by atoms with E-state index in [9.17, 15) is 8.76 Å². The number of anilines is 4. The van der Waals surface area contributed by atoms with Crippen molar-refractivity contribution >= 4 is 45.2 Å². The minimum atomic E-state index is -2.13. The summed E-state index contributed by atoms with van der Waals surface area (Å²) in [5.41, 5.74) is 4.99. The van der Waals surface area contributed by atoms with Gasteiger partial charge in [-0.2, -0.15) is 0 Å². The fourth-order valence-electron chi connectivity index (χ4n) is 4.57. The minimum absolute atomic E-state index is 0.507. The Morgan fingerprint density at radius 3 is 2.46 bits per heavy atom. The molecule has 2 N–H and O–H groups in total. The third-order valence-corrected chi connectivity index (χ3v) is 7.34. The summed E-state index contributed by atoms with van der Waals surface area (Å²) in [6, 6.07) is 21.9. The number of fused-ring (bicyclic) bond motifs is 1. The van der Waals surface area contributed by atoms with E-state index < -0.39 is 16.8 Å². The average molecular weight is 518 g/mol. The summed E-state index contributed by atoms with van der Waals surface area (Å²) in [6.45, 7) is 8.94. The predicted molar refractivity (Wildman–Crippen MR) is 151 cm³/mol. The van der Waals surface area contributed by atoms with E-state index in [1.54, 1.807) is 0 Å². The topological polar surface area (TPSA) is 90.8 Å². The zero-order valence-electron chi connectivity index (χ0n) is 21.2. The largest absolute Gasteiger partial charge is 0.378 e. The number of rotatable bonds is 6. The van der Waals surface area contributed by atoms with E-state index >= 15 is 0 Å². The van der Waals surface area contributed by atoms with E-state index in [1.165, 1.54) is 4.31 Å². The van der Waals surface area contributed by atoms with Gasteiger partial charge < -0.3 is 15.0 Å². The van der Waals surface area contributed by atoms with Crippen LogP contribution in [0.2, 0.25) is 0 Å². The molecule has 0 bridgehead atoms. The highest BCUT2D eigenvalue weighted by molar-refractivity contribution is 7.80. The number of hydrogen-bond acceptors (Lipinski definition) is 6. The van der Waals surface area contributed by atoms with E-state index in [-0.39, 0.29) is 0 Å². The maximum Gasteiger partial charge on any atom is 0.262 e. The molecule has 37 heavy (non-hydrogen) atoms. The normalized spacial score (nSPS) is 15.0. The maximum atomic E-state index is 12.0. The van der Waals surface area contributed by atoms with Crippen LogP contribution in [-0.2, 0) is 16.0 Å². The lowest BCUT2D eigenvalue weighted by Gasteiger charge is -2.33. The molecule has 4 aromatic rings. The van der Waals surface area contributed by atoms with Gasteiger partial charge in [-0.05, 0) is 56.7 Å². The molecular formula is C28H31N5O3S. The summed E-state index contributed by atoms with van der Waals surface area (Å²) in [6.07, 6.45) is 1.82. The molecule has 192 valence electrons. The van der Waals surface area contributed by atoms with Crippen LogP contribution in [0, 0.1) is 0 Å². The number of ether oxygens (including phenoxy) is 1. The first-order valence-corrected chi connectivity index (χ1v) is 13.3. The number of hydrogen-bond donors (Lipinski definition) is 2. The Hall–Kier alpha value is -3.53. The Labute approximate surface area is 219 Å². The van der Waals surface area contributed by atoms with Crippen molar-refractivity contribution < 1.29 is 13.5 Å². The molecule has 0 aliphatic carbocycles. The van der Waals surface area contributed by atoms with E-state index in [0.29, 0.717) is 11.6 Å². The zero-order chi connectivity index (χ0) is 26.0. The second-order valence-electron chi connectivity index (χ2n) is 9.95. The van der Waals surface area contributed by atoms with E-state index in [0.717, 1.165) is 59.7 Å². The number of nitrogens with one attached hydrogen (secondary N) is 1. The van der Waals surface area contributed by atoms with E-state index in [2.05, 4.69) is 27.3 Å². The fraction of sp³-hybridized carbons (Fsp3) is 0.286. The lowest BCUT2D eigenvalue weighted by atomic mass is 10.0.